The summed E-state index contributed by atoms with van der Waals surface area (Å²) in [6, 6.07) is 5.82. The van der Waals surface area contributed by atoms with E-state index in [0.29, 0.717) is 25.7 Å². The predicted molar refractivity (Wildman–Crippen MR) is 112 cm³/mol. The highest BCUT2D eigenvalue weighted by Gasteiger charge is 2.31. The molecule has 1 heterocycles. The first-order valence-corrected chi connectivity index (χ1v) is 10.9. The number of rotatable bonds is 9. The summed E-state index contributed by atoms with van der Waals surface area (Å²) in [6.45, 7) is 3.37. The Kier molecular flexibility index (Phi) is 8.00. The van der Waals surface area contributed by atoms with Crippen molar-refractivity contribution in [1.29, 1.82) is 0 Å². The van der Waals surface area contributed by atoms with Crippen LogP contribution in [-0.2, 0) is 16.1 Å². The number of alkyl halides is 3. The summed E-state index contributed by atoms with van der Waals surface area (Å²) in [5.74, 6) is -2.17. The van der Waals surface area contributed by atoms with Gasteiger partial charge in [-0.15, -0.1) is 13.2 Å². The predicted octanol–water partition coefficient (Wildman–Crippen LogP) is 4.18. The van der Waals surface area contributed by atoms with Crippen molar-refractivity contribution in [2.45, 2.75) is 64.5 Å². The molecule has 1 aliphatic carbocycles. The van der Waals surface area contributed by atoms with Gasteiger partial charge in [-0.1, -0.05) is 36.3 Å². The Bertz CT molecular complexity index is 983. The van der Waals surface area contributed by atoms with Gasteiger partial charge in [0.1, 0.15) is 18.5 Å². The van der Waals surface area contributed by atoms with E-state index >= 15 is 0 Å². The van der Waals surface area contributed by atoms with Gasteiger partial charge in [0.25, 0.3) is 5.88 Å². The van der Waals surface area contributed by atoms with Gasteiger partial charge in [-0.25, -0.2) is 9.48 Å². The zero-order chi connectivity index (χ0) is 24.9. The lowest BCUT2D eigenvalue weighted by Crippen LogP contribution is -2.25. The zero-order valence-electron chi connectivity index (χ0n) is 18.7. The zero-order valence-corrected chi connectivity index (χ0v) is 18.7. The normalized spacial score (nSPS) is 18.5. The smallest absolute Gasteiger partial charge is 0.476 e. The number of carboxylic acids is 1. The first kappa shape index (κ1) is 25.3. The summed E-state index contributed by atoms with van der Waals surface area (Å²) in [7, 11) is 0. The molecule has 2 aromatic rings. The minimum absolute atomic E-state index is 0.0250. The highest BCUT2D eigenvalue weighted by Crippen LogP contribution is 2.36. The lowest BCUT2D eigenvalue weighted by molar-refractivity contribution is -0.274. The highest BCUT2D eigenvalue weighted by atomic mass is 19.4. The molecule has 1 N–H and O–H groups in total. The molecule has 0 unspecified atom stereocenters. The van der Waals surface area contributed by atoms with Crippen molar-refractivity contribution in [3.8, 4) is 11.6 Å². The van der Waals surface area contributed by atoms with E-state index in [1.54, 1.807) is 26.0 Å². The van der Waals surface area contributed by atoms with Gasteiger partial charge >= 0.3 is 18.3 Å². The number of carbonyl (C=O) groups is 2. The fraction of sp³-hybridized carbons (Fsp3) is 0.545. The maximum absolute atomic E-state index is 12.3. The minimum Gasteiger partial charge on any atom is -0.476 e. The van der Waals surface area contributed by atoms with E-state index in [2.05, 4.69) is 15.0 Å². The Hall–Kier alpha value is -3.31. The number of benzene rings is 1. The molecule has 1 aromatic heterocycles. The number of carbonyl (C=O) groups excluding carboxylic acids is 1. The molecule has 1 fully saturated rings. The lowest BCUT2D eigenvalue weighted by Gasteiger charge is -2.28. The molecule has 12 heteroatoms. The second-order valence-corrected chi connectivity index (χ2v) is 8.30. The number of aromatic carboxylic acids is 1. The molecule has 186 valence electrons. The fourth-order valence-corrected chi connectivity index (χ4v) is 3.75. The van der Waals surface area contributed by atoms with Crippen molar-refractivity contribution < 1.29 is 42.1 Å². The molecule has 3 rings (SSSR count). The van der Waals surface area contributed by atoms with Crippen LogP contribution >= 0.6 is 0 Å². The number of halogens is 3. The van der Waals surface area contributed by atoms with Gasteiger partial charge in [0.15, 0.2) is 0 Å². The van der Waals surface area contributed by atoms with Gasteiger partial charge in [0, 0.05) is 0 Å². The van der Waals surface area contributed by atoms with Crippen LogP contribution in [0.5, 0.6) is 11.6 Å². The van der Waals surface area contributed by atoms with E-state index < -0.39 is 18.3 Å². The Balaban J connectivity index is 1.55. The van der Waals surface area contributed by atoms with E-state index in [-0.39, 0.29) is 48.4 Å². The lowest BCUT2D eigenvalue weighted by atomic mass is 9.83. The third-order valence-corrected chi connectivity index (χ3v) is 5.46. The molecule has 1 aromatic carbocycles. The summed E-state index contributed by atoms with van der Waals surface area (Å²) in [6.07, 6.45) is -2.34. The van der Waals surface area contributed by atoms with Crippen molar-refractivity contribution in [1.82, 2.24) is 15.0 Å². The maximum atomic E-state index is 12.3. The number of hydrogen-bond acceptors (Lipinski definition) is 7. The van der Waals surface area contributed by atoms with Crippen LogP contribution in [0.2, 0.25) is 0 Å². The molecular weight excluding hydrogens is 459 g/mol. The highest BCUT2D eigenvalue weighted by molar-refractivity contribution is 5.88. The molecule has 0 amide bonds. The van der Waals surface area contributed by atoms with Crippen LogP contribution in [0.4, 0.5) is 13.2 Å². The van der Waals surface area contributed by atoms with Gasteiger partial charge in [-0.05, 0) is 49.3 Å². The van der Waals surface area contributed by atoms with Gasteiger partial charge in [-0.2, -0.15) is 0 Å². The second kappa shape index (κ2) is 10.7. The molecule has 0 radical (unpaired) electrons. The summed E-state index contributed by atoms with van der Waals surface area (Å²) < 4.78 is 52.9. The number of aromatic nitrogens is 3. The van der Waals surface area contributed by atoms with Crippen LogP contribution in [-0.4, -0.2) is 51.1 Å². The Labute approximate surface area is 193 Å². The number of esters is 1. The number of ether oxygens (including phenoxy) is 3. The maximum Gasteiger partial charge on any atom is 0.573 e. The van der Waals surface area contributed by atoms with Crippen LogP contribution in [0.1, 0.15) is 61.5 Å². The molecule has 34 heavy (non-hydrogen) atoms. The quantitative estimate of drug-likeness (QED) is 0.527. The van der Waals surface area contributed by atoms with E-state index in [0.717, 1.165) is 10.2 Å². The van der Waals surface area contributed by atoms with Crippen molar-refractivity contribution >= 4 is 11.9 Å². The fourth-order valence-electron chi connectivity index (χ4n) is 3.75. The van der Waals surface area contributed by atoms with Crippen molar-refractivity contribution in [2.75, 3.05) is 6.61 Å². The second-order valence-electron chi connectivity index (χ2n) is 8.30. The standard InChI is InChI=1S/C22H26F3N3O6/c1-13(2)21(31)32-12-11-28-18(20(29)30)19(26-27-28)33-16-7-3-14(4-8-16)15-5-9-17(10-6-15)34-22(23,24)25/h5-6,9-10,13-14,16H,3-4,7-8,11-12H2,1-2H3,(H,29,30)/t14-,16-. The molecule has 0 atom stereocenters. The van der Waals surface area contributed by atoms with E-state index in [9.17, 15) is 27.9 Å². The van der Waals surface area contributed by atoms with Crippen LogP contribution in [0.25, 0.3) is 0 Å². The third-order valence-electron chi connectivity index (χ3n) is 5.46. The summed E-state index contributed by atoms with van der Waals surface area (Å²) in [5, 5.41) is 17.2. The van der Waals surface area contributed by atoms with Gasteiger partial charge < -0.3 is 19.3 Å². The Morgan fingerprint density at radius 3 is 2.35 bits per heavy atom. The molecule has 1 saturated carbocycles. The van der Waals surface area contributed by atoms with E-state index in [1.165, 1.54) is 12.1 Å². The summed E-state index contributed by atoms with van der Waals surface area (Å²) >= 11 is 0. The van der Waals surface area contributed by atoms with Gasteiger partial charge in [-0.3, -0.25) is 4.79 Å². The first-order valence-electron chi connectivity index (χ1n) is 10.9. The molecule has 0 aliphatic heterocycles. The molecule has 9 nitrogen and oxygen atoms in total. The molecular formula is C22H26F3N3O6. The molecule has 0 bridgehead atoms. The third kappa shape index (κ3) is 6.84. The van der Waals surface area contributed by atoms with Crippen molar-refractivity contribution in [3.05, 3.63) is 35.5 Å². The van der Waals surface area contributed by atoms with Gasteiger partial charge in [0.2, 0.25) is 5.69 Å². The van der Waals surface area contributed by atoms with Crippen LogP contribution < -0.4 is 9.47 Å². The summed E-state index contributed by atoms with van der Waals surface area (Å²) in [5.41, 5.74) is 0.684. The topological polar surface area (TPSA) is 113 Å². The summed E-state index contributed by atoms with van der Waals surface area (Å²) in [4.78, 5) is 23.3. The molecule has 0 saturated heterocycles. The number of carboxylic acid groups (broad SMARTS) is 1. The van der Waals surface area contributed by atoms with Crippen LogP contribution in [0.3, 0.4) is 0 Å². The molecule has 1 aliphatic rings. The van der Waals surface area contributed by atoms with Crippen molar-refractivity contribution in [2.24, 2.45) is 5.92 Å². The number of nitrogens with zero attached hydrogens (tertiary/aromatic N) is 3. The van der Waals surface area contributed by atoms with Crippen molar-refractivity contribution in [3.63, 3.8) is 0 Å². The monoisotopic (exact) mass is 485 g/mol. The van der Waals surface area contributed by atoms with Crippen LogP contribution in [0.15, 0.2) is 24.3 Å². The van der Waals surface area contributed by atoms with E-state index in [1.807, 2.05) is 0 Å². The first-order chi connectivity index (χ1) is 16.0. The number of hydrogen-bond donors (Lipinski definition) is 1. The average molecular weight is 485 g/mol. The largest absolute Gasteiger partial charge is 0.573 e. The molecule has 0 spiro atoms. The minimum atomic E-state index is -4.73. The SMILES string of the molecule is CC(C)C(=O)OCCn1nnc(O[C@H]2CC[C@H](c3ccc(OC(F)(F)F)cc3)CC2)c1C(=O)O. The Morgan fingerprint density at radius 2 is 1.79 bits per heavy atom. The van der Waals surface area contributed by atoms with E-state index in [4.69, 9.17) is 9.47 Å². The Morgan fingerprint density at radius 1 is 1.15 bits per heavy atom. The average Bonchev–Trinajstić information content (AvgIpc) is 3.16. The van der Waals surface area contributed by atoms with Gasteiger partial charge in [0.05, 0.1) is 12.5 Å². The van der Waals surface area contributed by atoms with Crippen LogP contribution in [0, 0.1) is 5.92 Å².